The Balaban J connectivity index is 2.06. The number of anilines is 1. The molecule has 2 heterocycles. The Hall–Kier alpha value is -1.69. The Bertz CT molecular complexity index is 546. The number of hydrogen-bond donors (Lipinski definition) is 1. The molecule has 1 aromatic rings. The monoisotopic (exact) mass is 333 g/mol. The van der Waals surface area contributed by atoms with Crippen molar-refractivity contribution in [3.63, 3.8) is 0 Å². The third-order valence-corrected chi connectivity index (χ3v) is 4.50. The summed E-state index contributed by atoms with van der Waals surface area (Å²) < 4.78 is 0. The molecule has 1 aromatic heterocycles. The average Bonchev–Trinajstić information content (AvgIpc) is 2.57. The summed E-state index contributed by atoms with van der Waals surface area (Å²) in [6.45, 7) is 6.74. The van der Waals surface area contributed by atoms with E-state index in [1.807, 2.05) is 21.0 Å². The Labute approximate surface area is 145 Å². The molecule has 0 aromatic carbocycles. The molecule has 0 radical (unpaired) electrons. The molecule has 1 amide bonds. The molecule has 0 bridgehead atoms. The van der Waals surface area contributed by atoms with Crippen LogP contribution in [0.15, 0.2) is 6.07 Å². The lowest BCUT2D eigenvalue weighted by Gasteiger charge is -2.35. The average molecular weight is 333 g/mol. The number of carbonyl (C=O) groups excluding carboxylic acids is 1. The van der Waals surface area contributed by atoms with Gasteiger partial charge in [0.2, 0.25) is 5.95 Å². The van der Waals surface area contributed by atoms with Gasteiger partial charge in [-0.2, -0.15) is 0 Å². The first-order valence-corrected chi connectivity index (χ1v) is 9.06. The molecule has 6 heteroatoms. The van der Waals surface area contributed by atoms with Crippen molar-refractivity contribution in [3.05, 3.63) is 17.5 Å². The Kier molecular flexibility index (Phi) is 6.97. The topological polar surface area (TPSA) is 61.4 Å². The second-order valence-electron chi connectivity index (χ2n) is 6.86. The normalized spacial score (nSPS) is 18.0. The highest BCUT2D eigenvalue weighted by molar-refractivity contribution is 5.92. The summed E-state index contributed by atoms with van der Waals surface area (Å²) in [5.41, 5.74) is 1.32. The minimum Gasteiger partial charge on any atom is -0.351 e. The van der Waals surface area contributed by atoms with Gasteiger partial charge in [0.25, 0.3) is 5.91 Å². The molecule has 1 aliphatic heterocycles. The van der Waals surface area contributed by atoms with Crippen LogP contribution in [-0.2, 0) is 0 Å². The first-order valence-electron chi connectivity index (χ1n) is 9.06. The lowest BCUT2D eigenvalue weighted by Crippen LogP contribution is -2.40. The number of piperidine rings is 1. The zero-order valence-corrected chi connectivity index (χ0v) is 15.5. The number of aromatic nitrogens is 2. The van der Waals surface area contributed by atoms with Crippen LogP contribution in [0.2, 0.25) is 0 Å². The molecule has 1 fully saturated rings. The molecule has 134 valence electrons. The standard InChI is InChI=1S/C18H31N5O/c1-5-15-9-6-7-12-23(15)18-20-14(2)13-16(21-18)17(24)19-10-8-11-22(3)4/h13,15H,5-12H2,1-4H3,(H,19,24). The highest BCUT2D eigenvalue weighted by atomic mass is 16.1. The minimum atomic E-state index is -0.106. The number of amides is 1. The maximum atomic E-state index is 12.4. The van der Waals surface area contributed by atoms with Crippen molar-refractivity contribution in [1.29, 1.82) is 0 Å². The summed E-state index contributed by atoms with van der Waals surface area (Å²) in [6, 6.07) is 2.26. The summed E-state index contributed by atoms with van der Waals surface area (Å²) in [5.74, 6) is 0.602. The fourth-order valence-electron chi connectivity index (χ4n) is 3.17. The van der Waals surface area contributed by atoms with Crippen molar-refractivity contribution in [2.75, 3.05) is 38.6 Å². The maximum Gasteiger partial charge on any atom is 0.270 e. The van der Waals surface area contributed by atoms with Crippen molar-refractivity contribution >= 4 is 11.9 Å². The number of nitrogens with one attached hydrogen (secondary N) is 1. The molecule has 1 unspecified atom stereocenters. The van der Waals surface area contributed by atoms with E-state index < -0.39 is 0 Å². The predicted octanol–water partition coefficient (Wildman–Crippen LogP) is 2.24. The minimum absolute atomic E-state index is 0.106. The van der Waals surface area contributed by atoms with Gasteiger partial charge in [-0.3, -0.25) is 4.79 Å². The first-order chi connectivity index (χ1) is 11.5. The van der Waals surface area contributed by atoms with E-state index in [1.54, 1.807) is 6.07 Å². The molecule has 2 rings (SSSR count). The highest BCUT2D eigenvalue weighted by Gasteiger charge is 2.24. The van der Waals surface area contributed by atoms with Crippen LogP contribution in [0, 0.1) is 6.92 Å². The smallest absolute Gasteiger partial charge is 0.270 e. The highest BCUT2D eigenvalue weighted by Crippen LogP contribution is 2.24. The summed E-state index contributed by atoms with van der Waals surface area (Å²) in [6.07, 6.45) is 5.63. The third kappa shape index (κ3) is 5.16. The van der Waals surface area contributed by atoms with Crippen molar-refractivity contribution in [2.45, 2.75) is 52.0 Å². The summed E-state index contributed by atoms with van der Waals surface area (Å²) >= 11 is 0. The van der Waals surface area contributed by atoms with E-state index in [4.69, 9.17) is 0 Å². The van der Waals surface area contributed by atoms with Crippen LogP contribution in [0.25, 0.3) is 0 Å². The molecule has 1 atom stereocenters. The number of nitrogens with zero attached hydrogens (tertiary/aromatic N) is 4. The molecule has 6 nitrogen and oxygen atoms in total. The number of carbonyl (C=O) groups is 1. The Morgan fingerprint density at radius 3 is 2.88 bits per heavy atom. The molecule has 0 saturated carbocycles. The van der Waals surface area contributed by atoms with Crippen LogP contribution in [0.1, 0.15) is 55.2 Å². The van der Waals surface area contributed by atoms with Crippen LogP contribution in [0.3, 0.4) is 0 Å². The lowest BCUT2D eigenvalue weighted by atomic mass is 10.0. The predicted molar refractivity (Wildman–Crippen MR) is 97.5 cm³/mol. The van der Waals surface area contributed by atoms with Gasteiger partial charge < -0.3 is 15.1 Å². The number of rotatable bonds is 7. The third-order valence-electron chi connectivity index (χ3n) is 4.50. The van der Waals surface area contributed by atoms with Crippen molar-refractivity contribution in [3.8, 4) is 0 Å². The van der Waals surface area contributed by atoms with Crippen LogP contribution in [0.4, 0.5) is 5.95 Å². The zero-order valence-electron chi connectivity index (χ0n) is 15.5. The summed E-state index contributed by atoms with van der Waals surface area (Å²) in [4.78, 5) is 25.9. The van der Waals surface area contributed by atoms with Gasteiger partial charge in [-0.05, 0) is 65.7 Å². The van der Waals surface area contributed by atoms with Gasteiger partial charge in [0.05, 0.1) is 0 Å². The molecule has 0 spiro atoms. The van der Waals surface area contributed by atoms with Gasteiger partial charge in [0.1, 0.15) is 5.69 Å². The fraction of sp³-hybridized carbons (Fsp3) is 0.722. The van der Waals surface area contributed by atoms with Gasteiger partial charge in [-0.1, -0.05) is 6.92 Å². The quantitative estimate of drug-likeness (QED) is 0.776. The van der Waals surface area contributed by atoms with E-state index in [0.717, 1.165) is 31.6 Å². The molecular formula is C18H31N5O. The van der Waals surface area contributed by atoms with Gasteiger partial charge in [-0.25, -0.2) is 9.97 Å². The van der Waals surface area contributed by atoms with Crippen LogP contribution < -0.4 is 10.2 Å². The molecule has 1 N–H and O–H groups in total. The van der Waals surface area contributed by atoms with Crippen molar-refractivity contribution in [1.82, 2.24) is 20.2 Å². The second kappa shape index (κ2) is 8.97. The van der Waals surface area contributed by atoms with Gasteiger partial charge >= 0.3 is 0 Å². The Morgan fingerprint density at radius 2 is 2.17 bits per heavy atom. The van der Waals surface area contributed by atoms with Gasteiger partial charge in [-0.15, -0.1) is 0 Å². The molecular weight excluding hydrogens is 302 g/mol. The van der Waals surface area contributed by atoms with E-state index >= 15 is 0 Å². The number of aryl methyl sites for hydroxylation is 1. The molecule has 1 aliphatic rings. The zero-order chi connectivity index (χ0) is 17.5. The fourth-order valence-corrected chi connectivity index (χ4v) is 3.17. The van der Waals surface area contributed by atoms with E-state index in [9.17, 15) is 4.79 Å². The van der Waals surface area contributed by atoms with E-state index in [-0.39, 0.29) is 5.91 Å². The van der Waals surface area contributed by atoms with E-state index in [0.29, 0.717) is 24.2 Å². The van der Waals surface area contributed by atoms with E-state index in [1.165, 1.54) is 19.3 Å². The molecule has 1 saturated heterocycles. The van der Waals surface area contributed by atoms with Gasteiger partial charge in [0, 0.05) is 24.8 Å². The number of hydrogen-bond acceptors (Lipinski definition) is 5. The first kappa shape index (κ1) is 18.6. The van der Waals surface area contributed by atoms with Crippen molar-refractivity contribution < 1.29 is 4.79 Å². The largest absolute Gasteiger partial charge is 0.351 e. The Morgan fingerprint density at radius 1 is 1.38 bits per heavy atom. The van der Waals surface area contributed by atoms with E-state index in [2.05, 4.69) is 32.0 Å². The van der Waals surface area contributed by atoms with Crippen molar-refractivity contribution in [2.24, 2.45) is 0 Å². The van der Waals surface area contributed by atoms with Crippen LogP contribution in [-0.4, -0.2) is 60.5 Å². The van der Waals surface area contributed by atoms with Gasteiger partial charge in [0.15, 0.2) is 0 Å². The maximum absolute atomic E-state index is 12.4. The SMILES string of the molecule is CCC1CCCCN1c1nc(C)cc(C(=O)NCCCN(C)C)n1. The lowest BCUT2D eigenvalue weighted by molar-refractivity contribution is 0.0947. The van der Waals surface area contributed by atoms with Crippen LogP contribution in [0.5, 0.6) is 0 Å². The van der Waals surface area contributed by atoms with Crippen LogP contribution >= 0.6 is 0 Å². The second-order valence-corrected chi connectivity index (χ2v) is 6.86. The summed E-state index contributed by atoms with van der Waals surface area (Å²) in [5, 5.41) is 2.96. The summed E-state index contributed by atoms with van der Waals surface area (Å²) in [7, 11) is 4.06. The molecule has 24 heavy (non-hydrogen) atoms. The molecule has 0 aliphatic carbocycles.